The van der Waals surface area contributed by atoms with Crippen LogP contribution in [0.2, 0.25) is 0 Å². The number of halogens is 1. The van der Waals surface area contributed by atoms with E-state index in [0.717, 1.165) is 13.1 Å². The Morgan fingerprint density at radius 3 is 1.28 bits per heavy atom. The SMILES string of the molecule is C=CCN(CC=C)P(Br)(N(C)C)(N(C)C)N(C)C. The van der Waals surface area contributed by atoms with Crippen molar-refractivity contribution in [3.63, 3.8) is 0 Å². The molecule has 0 spiro atoms. The Kier molecular flexibility index (Phi) is 6.68. The van der Waals surface area contributed by atoms with E-state index in [-0.39, 0.29) is 0 Å². The van der Waals surface area contributed by atoms with Crippen LogP contribution in [0.25, 0.3) is 0 Å². The molecule has 108 valence electrons. The molecule has 0 fully saturated rings. The normalized spacial score (nSPS) is 15.2. The average molecular weight is 339 g/mol. The summed E-state index contributed by atoms with van der Waals surface area (Å²) in [5, 5.41) is 0. The topological polar surface area (TPSA) is 13.0 Å². The van der Waals surface area contributed by atoms with E-state index in [4.69, 9.17) is 0 Å². The Balaban J connectivity index is 5.97. The number of rotatable bonds is 8. The zero-order valence-electron chi connectivity index (χ0n) is 12.6. The van der Waals surface area contributed by atoms with E-state index < -0.39 is 5.91 Å². The minimum atomic E-state index is -2.69. The second-order valence-electron chi connectivity index (χ2n) is 4.83. The molecule has 0 N–H and O–H groups in total. The summed E-state index contributed by atoms with van der Waals surface area (Å²) in [6.07, 6.45) is 3.87. The molecule has 0 aromatic carbocycles. The average Bonchev–Trinajstić information content (AvgIpc) is 2.26. The van der Waals surface area contributed by atoms with Crippen molar-refractivity contribution < 1.29 is 0 Å². The van der Waals surface area contributed by atoms with Crippen LogP contribution in [-0.4, -0.2) is 74.1 Å². The minimum absolute atomic E-state index is 0.795. The molecule has 0 saturated carbocycles. The molecule has 0 aliphatic rings. The summed E-state index contributed by atoms with van der Waals surface area (Å²) in [6.45, 7) is 9.34. The number of nitrogens with zero attached hydrogens (tertiary/aromatic N) is 4. The molecule has 18 heavy (non-hydrogen) atoms. The molecule has 0 radical (unpaired) electrons. The molecule has 0 heterocycles. The Hall–Kier alpha value is 0.230. The van der Waals surface area contributed by atoms with Gasteiger partial charge in [-0.3, -0.25) is 0 Å². The summed E-state index contributed by atoms with van der Waals surface area (Å²) in [5.74, 6) is -2.69. The van der Waals surface area contributed by atoms with Gasteiger partial charge in [0.2, 0.25) is 0 Å². The first-order valence-corrected chi connectivity index (χ1v) is 9.98. The van der Waals surface area contributed by atoms with E-state index in [2.05, 4.69) is 89.6 Å². The fourth-order valence-corrected chi connectivity index (χ4v) is 7.72. The molecule has 0 aromatic heterocycles. The van der Waals surface area contributed by atoms with Crippen LogP contribution in [0.1, 0.15) is 0 Å². The predicted octanol–water partition coefficient (Wildman–Crippen LogP) is 2.87. The molecule has 4 nitrogen and oxygen atoms in total. The zero-order chi connectivity index (χ0) is 14.6. The molecule has 6 heteroatoms. The van der Waals surface area contributed by atoms with Gasteiger partial charge in [-0.05, 0) is 0 Å². The molecular weight excluding hydrogens is 311 g/mol. The van der Waals surface area contributed by atoms with Gasteiger partial charge in [-0.2, -0.15) is 0 Å². The third kappa shape index (κ3) is 2.58. The molecule has 0 amide bonds. The molecule has 0 aliphatic carbocycles. The van der Waals surface area contributed by atoms with Gasteiger partial charge in [0, 0.05) is 0 Å². The Morgan fingerprint density at radius 1 is 0.833 bits per heavy atom. The van der Waals surface area contributed by atoms with E-state index in [1.54, 1.807) is 0 Å². The Morgan fingerprint density at radius 2 is 1.11 bits per heavy atom. The van der Waals surface area contributed by atoms with Crippen molar-refractivity contribution in [1.29, 1.82) is 0 Å². The summed E-state index contributed by atoms with van der Waals surface area (Å²) in [5.41, 5.74) is 0. The van der Waals surface area contributed by atoms with Crippen molar-refractivity contribution >= 4 is 21.4 Å². The second-order valence-corrected chi connectivity index (χ2v) is 13.3. The predicted molar refractivity (Wildman–Crippen MR) is 88.9 cm³/mol. The molecule has 0 atom stereocenters. The van der Waals surface area contributed by atoms with Crippen molar-refractivity contribution in [1.82, 2.24) is 18.7 Å². The first kappa shape index (κ1) is 18.2. The van der Waals surface area contributed by atoms with Gasteiger partial charge >= 0.3 is 121 Å². The first-order chi connectivity index (χ1) is 8.17. The molecule has 0 unspecified atom stereocenters. The quantitative estimate of drug-likeness (QED) is 0.498. The van der Waals surface area contributed by atoms with Crippen molar-refractivity contribution in [2.75, 3.05) is 55.4 Å². The maximum atomic E-state index is 4.09. The van der Waals surface area contributed by atoms with Gasteiger partial charge in [-0.25, -0.2) is 0 Å². The van der Waals surface area contributed by atoms with Gasteiger partial charge in [-0.1, -0.05) is 0 Å². The van der Waals surface area contributed by atoms with E-state index >= 15 is 0 Å². The molecule has 0 rings (SSSR count). The third-order valence-electron chi connectivity index (χ3n) is 3.23. The summed E-state index contributed by atoms with van der Waals surface area (Å²) in [7, 11) is 12.6. The van der Waals surface area contributed by atoms with Crippen LogP contribution >= 0.6 is 21.4 Å². The molecule has 0 aromatic rings. The summed E-state index contributed by atoms with van der Waals surface area (Å²) in [4.78, 5) is 0. The zero-order valence-corrected chi connectivity index (χ0v) is 15.1. The van der Waals surface area contributed by atoms with E-state index in [0.29, 0.717) is 0 Å². The standard InChI is InChI=1S/C12H28BrN4P/c1-9-11-17(12-10-2)18(13,14(3)4,15(5)6)16(7)8/h9-10H,1-2,11-12H2,3-8H3. The van der Waals surface area contributed by atoms with Crippen molar-refractivity contribution in [3.8, 4) is 0 Å². The van der Waals surface area contributed by atoms with Gasteiger partial charge in [0.15, 0.2) is 0 Å². The summed E-state index contributed by atoms with van der Waals surface area (Å²) in [6, 6.07) is 0. The van der Waals surface area contributed by atoms with Gasteiger partial charge in [0.1, 0.15) is 0 Å². The van der Waals surface area contributed by atoms with Gasteiger partial charge in [-0.15, -0.1) is 0 Å². The number of hydrogen-bond donors (Lipinski definition) is 0. The van der Waals surface area contributed by atoms with Crippen molar-refractivity contribution in [2.45, 2.75) is 0 Å². The Labute approximate surface area is 121 Å². The number of hydrogen-bond acceptors (Lipinski definition) is 4. The van der Waals surface area contributed by atoms with Gasteiger partial charge in [0.05, 0.1) is 0 Å². The van der Waals surface area contributed by atoms with Crippen LogP contribution in [0.5, 0.6) is 0 Å². The van der Waals surface area contributed by atoms with Crippen LogP contribution in [0.15, 0.2) is 25.3 Å². The van der Waals surface area contributed by atoms with Crippen LogP contribution in [0, 0.1) is 0 Å². The molecular formula is C12H28BrN4P. The maximum absolute atomic E-state index is 4.09. The summed E-state index contributed by atoms with van der Waals surface area (Å²) < 4.78 is 9.17. The van der Waals surface area contributed by atoms with Crippen LogP contribution in [0.3, 0.4) is 0 Å². The first-order valence-electron chi connectivity index (χ1n) is 5.92. The van der Waals surface area contributed by atoms with Crippen LogP contribution < -0.4 is 0 Å². The second kappa shape index (κ2) is 6.60. The van der Waals surface area contributed by atoms with Crippen molar-refractivity contribution in [2.24, 2.45) is 0 Å². The van der Waals surface area contributed by atoms with E-state index in [1.807, 2.05) is 12.2 Å². The molecule has 0 bridgehead atoms. The monoisotopic (exact) mass is 338 g/mol. The van der Waals surface area contributed by atoms with Crippen molar-refractivity contribution in [3.05, 3.63) is 25.3 Å². The van der Waals surface area contributed by atoms with E-state index in [9.17, 15) is 0 Å². The Bertz CT molecular complexity index is 270. The van der Waals surface area contributed by atoms with Crippen LogP contribution in [0.4, 0.5) is 0 Å². The summed E-state index contributed by atoms with van der Waals surface area (Å²) >= 11 is 4.09. The third-order valence-corrected chi connectivity index (χ3v) is 15.7. The van der Waals surface area contributed by atoms with Gasteiger partial charge < -0.3 is 0 Å². The fourth-order valence-electron chi connectivity index (χ4n) is 2.49. The van der Waals surface area contributed by atoms with Gasteiger partial charge in [0.25, 0.3) is 0 Å². The fraction of sp³-hybridized carbons (Fsp3) is 0.667. The van der Waals surface area contributed by atoms with E-state index in [1.165, 1.54) is 0 Å². The van der Waals surface area contributed by atoms with Crippen LogP contribution in [-0.2, 0) is 0 Å². The molecule has 0 aliphatic heterocycles. The molecule has 0 saturated heterocycles.